The second-order valence-electron chi connectivity index (χ2n) is 12.4. The number of carbonyl (C=O) groups excluding carboxylic acids is 1. The SMILES string of the molecule is CC[C@@H]1C/C=C/[C@@H](O)[C@@H]2CC[C@H]2CN2C[C@@]3(CCCc4cc(Cl)ccc43)COc3ccc(cc32)C(=O)NS(=O)(=O)C1. The number of carbonyl (C=O) groups is 1. The summed E-state index contributed by atoms with van der Waals surface area (Å²) in [6.07, 6.45) is 9.33. The van der Waals surface area contributed by atoms with Crippen molar-refractivity contribution < 1.29 is 23.1 Å². The number of benzene rings is 2. The van der Waals surface area contributed by atoms with Gasteiger partial charge in [0.05, 0.1) is 24.2 Å². The molecule has 6 rings (SSSR count). The number of nitrogens with zero attached hydrogens (tertiary/aromatic N) is 1. The quantitative estimate of drug-likeness (QED) is 0.436. The third-order valence-corrected chi connectivity index (χ3v) is 11.4. The summed E-state index contributed by atoms with van der Waals surface area (Å²) in [6.45, 7) is 3.87. The Morgan fingerprint density at radius 1 is 1.20 bits per heavy atom. The fourth-order valence-electron chi connectivity index (χ4n) is 7.27. The summed E-state index contributed by atoms with van der Waals surface area (Å²) < 4.78 is 34.7. The molecule has 2 heterocycles. The lowest BCUT2D eigenvalue weighted by Gasteiger charge is -2.45. The average Bonchev–Trinajstić information content (AvgIpc) is 3.06. The first-order valence-electron chi connectivity index (χ1n) is 14.9. The lowest BCUT2D eigenvalue weighted by molar-refractivity contribution is 0.0456. The standard InChI is InChI=1S/C32H39ClN2O5S/c1-2-21-5-3-7-29(36)26-11-8-24(26)17-35-19-32(14-4-6-22-15-25(33)10-12-27(22)32)20-40-30-13-9-23(16-28(30)35)31(37)34-41(38,39)18-21/h3,7,9-10,12-13,15-16,21,24,26,29,36H,2,4-6,8,11,14,17-20H2,1H3,(H,34,37)/b7-3+/t21-,24+,26-,29-,32+/m1/s1. The predicted molar refractivity (Wildman–Crippen MR) is 161 cm³/mol. The number of anilines is 1. The highest BCUT2D eigenvalue weighted by Crippen LogP contribution is 2.46. The van der Waals surface area contributed by atoms with Crippen LogP contribution in [0.25, 0.3) is 0 Å². The summed E-state index contributed by atoms with van der Waals surface area (Å²) in [6, 6.07) is 11.4. The van der Waals surface area contributed by atoms with Crippen LogP contribution in [0.15, 0.2) is 48.6 Å². The monoisotopic (exact) mass is 598 g/mol. The highest BCUT2D eigenvalue weighted by Gasteiger charge is 2.44. The van der Waals surface area contributed by atoms with Crippen LogP contribution < -0.4 is 14.4 Å². The smallest absolute Gasteiger partial charge is 0.264 e. The molecule has 4 aliphatic rings. The van der Waals surface area contributed by atoms with E-state index < -0.39 is 22.0 Å². The highest BCUT2D eigenvalue weighted by molar-refractivity contribution is 7.90. The molecule has 0 aromatic heterocycles. The van der Waals surface area contributed by atoms with Crippen LogP contribution in [-0.4, -0.2) is 51.0 Å². The molecule has 2 bridgehead atoms. The maximum atomic E-state index is 13.2. The number of ether oxygens (including phenoxy) is 1. The number of aryl methyl sites for hydroxylation is 1. The molecular formula is C32H39ClN2O5S. The molecule has 2 aliphatic carbocycles. The second-order valence-corrected chi connectivity index (χ2v) is 14.6. The van der Waals surface area contributed by atoms with Gasteiger partial charge in [-0.05, 0) is 97.7 Å². The first kappa shape index (κ1) is 28.6. The zero-order valence-electron chi connectivity index (χ0n) is 23.5. The molecule has 7 nitrogen and oxygen atoms in total. The Morgan fingerprint density at radius 3 is 2.83 bits per heavy atom. The van der Waals surface area contributed by atoms with Crippen molar-refractivity contribution in [3.63, 3.8) is 0 Å². The number of sulfonamides is 1. The number of halogens is 1. The van der Waals surface area contributed by atoms with E-state index in [4.69, 9.17) is 16.3 Å². The third kappa shape index (κ3) is 5.75. The fraction of sp³-hybridized carbons (Fsp3) is 0.531. The maximum Gasteiger partial charge on any atom is 0.264 e. The highest BCUT2D eigenvalue weighted by atomic mass is 35.5. The molecule has 1 saturated carbocycles. The molecule has 220 valence electrons. The van der Waals surface area contributed by atoms with E-state index in [1.165, 1.54) is 11.1 Å². The van der Waals surface area contributed by atoms with Crippen molar-refractivity contribution in [1.82, 2.24) is 4.72 Å². The van der Waals surface area contributed by atoms with Gasteiger partial charge in [0, 0.05) is 29.1 Å². The number of amides is 1. The van der Waals surface area contributed by atoms with Crippen LogP contribution in [0.5, 0.6) is 5.75 Å². The van der Waals surface area contributed by atoms with E-state index in [-0.39, 0.29) is 28.6 Å². The first-order valence-corrected chi connectivity index (χ1v) is 16.9. The van der Waals surface area contributed by atoms with Crippen molar-refractivity contribution in [2.75, 3.05) is 30.3 Å². The normalized spacial score (nSPS) is 32.0. The largest absolute Gasteiger partial charge is 0.490 e. The number of hydrogen-bond acceptors (Lipinski definition) is 6. The van der Waals surface area contributed by atoms with Crippen molar-refractivity contribution in [2.24, 2.45) is 17.8 Å². The zero-order valence-corrected chi connectivity index (χ0v) is 25.1. The Balaban J connectivity index is 1.41. The Morgan fingerprint density at radius 2 is 2.05 bits per heavy atom. The lowest BCUT2D eigenvalue weighted by atomic mass is 9.68. The predicted octanol–water partition coefficient (Wildman–Crippen LogP) is 5.25. The van der Waals surface area contributed by atoms with Crippen LogP contribution in [0, 0.1) is 17.8 Å². The van der Waals surface area contributed by atoms with E-state index in [2.05, 4.69) is 21.8 Å². The van der Waals surface area contributed by atoms with Crippen LogP contribution in [0.3, 0.4) is 0 Å². The number of fused-ring (bicyclic) bond motifs is 4. The Hall–Kier alpha value is -2.55. The molecule has 0 unspecified atom stereocenters. The van der Waals surface area contributed by atoms with Crippen LogP contribution in [0.4, 0.5) is 5.69 Å². The number of rotatable bonds is 1. The molecule has 2 aliphatic heterocycles. The van der Waals surface area contributed by atoms with Gasteiger partial charge in [-0.2, -0.15) is 0 Å². The van der Waals surface area contributed by atoms with Crippen LogP contribution >= 0.6 is 11.6 Å². The Kier molecular flexibility index (Phi) is 7.85. The third-order valence-electron chi connectivity index (χ3n) is 9.75. The van der Waals surface area contributed by atoms with E-state index in [1.54, 1.807) is 18.2 Å². The zero-order chi connectivity index (χ0) is 28.8. The van der Waals surface area contributed by atoms with E-state index in [1.807, 2.05) is 25.1 Å². The molecular weight excluding hydrogens is 560 g/mol. The molecule has 1 amide bonds. The van der Waals surface area contributed by atoms with Crippen LogP contribution in [0.1, 0.15) is 66.9 Å². The number of allylic oxidation sites excluding steroid dienone is 1. The molecule has 1 fully saturated rings. The van der Waals surface area contributed by atoms with Crippen LogP contribution in [-0.2, 0) is 21.9 Å². The molecule has 1 spiro atoms. The topological polar surface area (TPSA) is 95.9 Å². The van der Waals surface area contributed by atoms with Gasteiger partial charge in [-0.25, -0.2) is 13.1 Å². The Labute approximate surface area is 248 Å². The molecule has 5 atom stereocenters. The summed E-state index contributed by atoms with van der Waals surface area (Å²) in [5.74, 6) is 0.196. The van der Waals surface area contributed by atoms with Gasteiger partial charge in [-0.3, -0.25) is 4.79 Å². The summed E-state index contributed by atoms with van der Waals surface area (Å²) in [5.41, 5.74) is 3.35. The van der Waals surface area contributed by atoms with Gasteiger partial charge in [0.15, 0.2) is 0 Å². The van der Waals surface area contributed by atoms with Gasteiger partial charge >= 0.3 is 0 Å². The van der Waals surface area contributed by atoms with Gasteiger partial charge < -0.3 is 14.7 Å². The summed E-state index contributed by atoms with van der Waals surface area (Å²) in [5, 5.41) is 11.8. The molecule has 2 aromatic rings. The first-order chi connectivity index (χ1) is 19.7. The lowest BCUT2D eigenvalue weighted by Crippen LogP contribution is -2.49. The molecule has 0 radical (unpaired) electrons. The minimum Gasteiger partial charge on any atom is -0.490 e. The molecule has 41 heavy (non-hydrogen) atoms. The minimum absolute atomic E-state index is 0.135. The van der Waals surface area contributed by atoms with Crippen LogP contribution in [0.2, 0.25) is 5.02 Å². The van der Waals surface area contributed by atoms with Crippen molar-refractivity contribution in [2.45, 2.75) is 63.4 Å². The van der Waals surface area contributed by atoms with E-state index in [0.717, 1.165) is 49.4 Å². The number of hydrogen-bond donors (Lipinski definition) is 2. The van der Waals surface area contributed by atoms with Gasteiger partial charge in [0.25, 0.3) is 5.91 Å². The molecule has 9 heteroatoms. The van der Waals surface area contributed by atoms with Gasteiger partial charge in [0.1, 0.15) is 5.75 Å². The van der Waals surface area contributed by atoms with Crippen molar-refractivity contribution in [3.8, 4) is 5.75 Å². The van der Waals surface area contributed by atoms with Crippen molar-refractivity contribution in [3.05, 3.63) is 70.3 Å². The molecule has 2 N–H and O–H groups in total. The molecule has 2 aromatic carbocycles. The minimum atomic E-state index is -3.84. The fourth-order valence-corrected chi connectivity index (χ4v) is 8.94. The molecule has 0 saturated heterocycles. The maximum absolute atomic E-state index is 13.2. The Bertz CT molecular complexity index is 1460. The summed E-state index contributed by atoms with van der Waals surface area (Å²) in [4.78, 5) is 15.6. The van der Waals surface area contributed by atoms with Gasteiger partial charge in [-0.15, -0.1) is 0 Å². The van der Waals surface area contributed by atoms with Crippen molar-refractivity contribution in [1.29, 1.82) is 0 Å². The van der Waals surface area contributed by atoms with E-state index >= 15 is 0 Å². The van der Waals surface area contributed by atoms with Gasteiger partial charge in [0.2, 0.25) is 10.0 Å². The summed E-state index contributed by atoms with van der Waals surface area (Å²) >= 11 is 6.38. The second kappa shape index (κ2) is 11.3. The van der Waals surface area contributed by atoms with Gasteiger partial charge in [-0.1, -0.05) is 43.2 Å². The van der Waals surface area contributed by atoms with Crippen molar-refractivity contribution >= 4 is 33.2 Å². The summed E-state index contributed by atoms with van der Waals surface area (Å²) in [7, 11) is -3.84. The number of nitrogens with one attached hydrogen (secondary N) is 1. The number of aliphatic hydroxyl groups excluding tert-OH is 1. The number of aliphatic hydroxyl groups is 1. The average molecular weight is 599 g/mol. The van der Waals surface area contributed by atoms with E-state index in [0.29, 0.717) is 37.7 Å². The van der Waals surface area contributed by atoms with E-state index in [9.17, 15) is 18.3 Å².